The molecule has 0 unspecified atom stereocenters. The van der Waals surface area contributed by atoms with E-state index in [1.807, 2.05) is 32.2 Å². The van der Waals surface area contributed by atoms with Crippen LogP contribution in [0.1, 0.15) is 25.1 Å². The van der Waals surface area contributed by atoms with E-state index < -0.39 is 6.16 Å². The van der Waals surface area contributed by atoms with Crippen molar-refractivity contribution in [3.63, 3.8) is 0 Å². The summed E-state index contributed by atoms with van der Waals surface area (Å²) < 4.78 is 25.6. The molecular weight excluding hydrogens is 371 g/mol. The number of halogens is 1. The van der Waals surface area contributed by atoms with Crippen LogP contribution in [0, 0.1) is 11.2 Å². The van der Waals surface area contributed by atoms with Crippen molar-refractivity contribution in [3.8, 4) is 11.4 Å². The van der Waals surface area contributed by atoms with Crippen molar-refractivity contribution in [1.29, 1.82) is 0 Å². The topological polar surface area (TPSA) is 53.4 Å². The minimum atomic E-state index is -0.724. The van der Waals surface area contributed by atoms with Gasteiger partial charge in [0.1, 0.15) is 18.2 Å². The van der Waals surface area contributed by atoms with E-state index in [1.54, 1.807) is 41.1 Å². The largest absolute Gasteiger partial charge is 0.513 e. The number of carbonyl (C=O) groups is 1. The maximum atomic E-state index is 13.2. The van der Waals surface area contributed by atoms with Gasteiger partial charge in [0.25, 0.3) is 0 Å². The van der Waals surface area contributed by atoms with Gasteiger partial charge in [0.05, 0.1) is 17.6 Å². The Hall–Kier alpha value is -3.41. The van der Waals surface area contributed by atoms with Gasteiger partial charge in [0.15, 0.2) is 0 Å². The van der Waals surface area contributed by atoms with E-state index in [1.165, 1.54) is 12.1 Å². The monoisotopic (exact) mass is 392 g/mol. The quantitative estimate of drug-likeness (QED) is 0.453. The number of fused-ring (bicyclic) bond motifs is 1. The number of hydrogen-bond acceptors (Lipinski definition) is 4. The summed E-state index contributed by atoms with van der Waals surface area (Å²) in [7, 11) is 0. The fourth-order valence-electron chi connectivity index (χ4n) is 3.41. The second kappa shape index (κ2) is 7.54. The summed E-state index contributed by atoms with van der Waals surface area (Å²) in [6, 6.07) is 15.0. The molecule has 0 radical (unpaired) electrons. The molecule has 0 saturated heterocycles. The number of carbonyl (C=O) groups excluding carboxylic acids is 1. The Morgan fingerprint density at radius 2 is 1.90 bits per heavy atom. The first-order valence-electron chi connectivity index (χ1n) is 9.36. The van der Waals surface area contributed by atoms with Crippen molar-refractivity contribution in [2.24, 2.45) is 5.41 Å². The summed E-state index contributed by atoms with van der Waals surface area (Å²) >= 11 is 0. The zero-order valence-corrected chi connectivity index (χ0v) is 16.3. The van der Waals surface area contributed by atoms with Crippen LogP contribution in [0.3, 0.4) is 0 Å². The highest BCUT2D eigenvalue weighted by molar-refractivity contribution is 5.64. The van der Waals surface area contributed by atoms with Crippen LogP contribution < -0.4 is 4.74 Å². The molecule has 1 aromatic heterocycles. The van der Waals surface area contributed by atoms with Gasteiger partial charge >= 0.3 is 6.16 Å². The van der Waals surface area contributed by atoms with Gasteiger partial charge in [-0.25, -0.2) is 13.9 Å². The third-order valence-corrected chi connectivity index (χ3v) is 5.30. The first-order chi connectivity index (χ1) is 13.9. The second-order valence-electron chi connectivity index (χ2n) is 7.46. The van der Waals surface area contributed by atoms with Crippen molar-refractivity contribution in [1.82, 2.24) is 9.78 Å². The molecule has 1 heterocycles. The number of rotatable bonds is 4. The number of aromatic nitrogens is 2. The van der Waals surface area contributed by atoms with Crippen LogP contribution in [0.25, 0.3) is 11.8 Å². The number of ether oxygens (including phenoxy) is 2. The molecule has 1 atom stereocenters. The van der Waals surface area contributed by atoms with E-state index in [-0.39, 0.29) is 17.8 Å². The van der Waals surface area contributed by atoms with Gasteiger partial charge < -0.3 is 9.47 Å². The summed E-state index contributed by atoms with van der Waals surface area (Å²) in [6.45, 7) is 4.26. The minimum absolute atomic E-state index is 0.197. The maximum absolute atomic E-state index is 13.2. The molecule has 1 aliphatic carbocycles. The average molecular weight is 392 g/mol. The molecule has 6 heteroatoms. The van der Waals surface area contributed by atoms with E-state index in [0.717, 1.165) is 22.5 Å². The second-order valence-corrected chi connectivity index (χ2v) is 7.46. The third kappa shape index (κ3) is 3.92. The fraction of sp³-hybridized carbons (Fsp3) is 0.217. The number of para-hydroxylation sites is 1. The highest BCUT2D eigenvalue weighted by atomic mass is 19.1. The van der Waals surface area contributed by atoms with E-state index in [4.69, 9.17) is 9.47 Å². The van der Waals surface area contributed by atoms with Gasteiger partial charge in [-0.15, -0.1) is 0 Å². The van der Waals surface area contributed by atoms with E-state index in [9.17, 15) is 9.18 Å². The van der Waals surface area contributed by atoms with Gasteiger partial charge in [-0.1, -0.05) is 30.7 Å². The molecule has 0 spiro atoms. The van der Waals surface area contributed by atoms with E-state index >= 15 is 0 Å². The molecular formula is C23H21FN2O3. The van der Waals surface area contributed by atoms with Crippen molar-refractivity contribution < 1.29 is 18.7 Å². The Bertz CT molecular complexity index is 1060. The molecule has 0 bridgehead atoms. The van der Waals surface area contributed by atoms with Crippen LogP contribution in [0.2, 0.25) is 0 Å². The van der Waals surface area contributed by atoms with Crippen LogP contribution in [0.5, 0.6) is 5.75 Å². The standard InChI is InChI=1S/C23H21FN2O3/c1-16-12-21-17(14-25-26(21)19-10-8-18(24)9-11-19)13-23(16,2)15-28-22(27)29-20-6-4-3-5-7-20/h3-12,14H,13,15H2,1-2H3/t23-/m1/s1. The number of nitrogens with zero attached hydrogens (tertiary/aromatic N) is 2. The summed E-state index contributed by atoms with van der Waals surface area (Å²) in [5, 5.41) is 4.47. The van der Waals surface area contributed by atoms with Crippen LogP contribution in [0.15, 0.2) is 66.4 Å². The Balaban J connectivity index is 1.48. The highest BCUT2D eigenvalue weighted by Crippen LogP contribution is 2.39. The molecule has 3 aromatic rings. The predicted molar refractivity (Wildman–Crippen MR) is 107 cm³/mol. The molecule has 0 fully saturated rings. The maximum Gasteiger partial charge on any atom is 0.513 e. The zero-order chi connectivity index (χ0) is 20.4. The lowest BCUT2D eigenvalue weighted by Gasteiger charge is -2.33. The summed E-state index contributed by atoms with van der Waals surface area (Å²) in [5.74, 6) is 0.162. The van der Waals surface area contributed by atoms with Crippen LogP contribution in [-0.2, 0) is 11.2 Å². The first-order valence-corrected chi connectivity index (χ1v) is 9.36. The van der Waals surface area contributed by atoms with Crippen molar-refractivity contribution in [2.75, 3.05) is 6.61 Å². The molecule has 148 valence electrons. The molecule has 2 aromatic carbocycles. The summed E-state index contributed by atoms with van der Waals surface area (Å²) in [5.41, 5.74) is 3.50. The Morgan fingerprint density at radius 3 is 2.62 bits per heavy atom. The van der Waals surface area contributed by atoms with Gasteiger partial charge in [-0.3, -0.25) is 0 Å². The molecule has 0 amide bonds. The molecule has 29 heavy (non-hydrogen) atoms. The van der Waals surface area contributed by atoms with Crippen molar-refractivity contribution >= 4 is 12.2 Å². The average Bonchev–Trinajstić information content (AvgIpc) is 3.10. The predicted octanol–water partition coefficient (Wildman–Crippen LogP) is 5.19. The molecule has 1 aliphatic rings. The molecule has 0 saturated carbocycles. The summed E-state index contributed by atoms with van der Waals surface area (Å²) in [6.07, 6.45) is 3.80. The van der Waals surface area contributed by atoms with Crippen molar-refractivity contribution in [3.05, 3.63) is 83.4 Å². The first kappa shape index (κ1) is 18.9. The molecule has 0 aliphatic heterocycles. The minimum Gasteiger partial charge on any atom is -0.433 e. The SMILES string of the molecule is CC1=Cc2c(cnn2-c2ccc(F)cc2)C[C@]1(C)COC(=O)Oc1ccccc1. The fourth-order valence-corrected chi connectivity index (χ4v) is 3.41. The molecule has 4 rings (SSSR count). The van der Waals surface area contributed by atoms with Gasteiger partial charge in [-0.05, 0) is 61.4 Å². The lowest BCUT2D eigenvalue weighted by molar-refractivity contribution is 0.0681. The highest BCUT2D eigenvalue weighted by Gasteiger charge is 2.34. The van der Waals surface area contributed by atoms with Gasteiger partial charge in [-0.2, -0.15) is 5.10 Å². The van der Waals surface area contributed by atoms with E-state index in [0.29, 0.717) is 12.2 Å². The number of hydrogen-bond donors (Lipinski definition) is 0. The Labute approximate surface area is 168 Å². The van der Waals surface area contributed by atoms with Gasteiger partial charge in [0.2, 0.25) is 0 Å². The van der Waals surface area contributed by atoms with Crippen LogP contribution in [0.4, 0.5) is 9.18 Å². The molecule has 0 N–H and O–H groups in total. The van der Waals surface area contributed by atoms with Gasteiger partial charge in [0, 0.05) is 5.41 Å². The molecule has 5 nitrogen and oxygen atoms in total. The Morgan fingerprint density at radius 1 is 1.17 bits per heavy atom. The number of benzene rings is 2. The Kier molecular flexibility index (Phi) is 4.92. The lowest BCUT2D eigenvalue weighted by Crippen LogP contribution is -2.32. The lowest BCUT2D eigenvalue weighted by atomic mass is 9.74. The third-order valence-electron chi connectivity index (χ3n) is 5.30. The van der Waals surface area contributed by atoms with Crippen LogP contribution >= 0.6 is 0 Å². The normalized spacial score (nSPS) is 18.0. The van der Waals surface area contributed by atoms with E-state index in [2.05, 4.69) is 5.10 Å². The smallest absolute Gasteiger partial charge is 0.433 e. The van der Waals surface area contributed by atoms with Crippen molar-refractivity contribution in [2.45, 2.75) is 20.3 Å². The zero-order valence-electron chi connectivity index (χ0n) is 16.3. The summed E-state index contributed by atoms with van der Waals surface area (Å²) in [4.78, 5) is 12.1. The van der Waals surface area contributed by atoms with Crippen LogP contribution in [-0.4, -0.2) is 22.5 Å².